The number of pyridine rings is 1. The summed E-state index contributed by atoms with van der Waals surface area (Å²) in [6, 6.07) is 6.16. The highest BCUT2D eigenvalue weighted by Gasteiger charge is 2.36. The van der Waals surface area contributed by atoms with Crippen molar-refractivity contribution in [2.45, 2.75) is 19.0 Å². The summed E-state index contributed by atoms with van der Waals surface area (Å²) in [7, 11) is 0. The molecule has 2 atom stereocenters. The molecular weight excluding hydrogens is 435 g/mol. The fraction of sp³-hybridized carbons (Fsp3) is 0.304. The first-order chi connectivity index (χ1) is 15.8. The van der Waals surface area contributed by atoms with E-state index in [1.807, 2.05) is 17.9 Å². The standard InChI is InChI=1S/C23H22F3N5O2/c1-14-2-3-19(22(33)30-17-5-16(6-27-7-17)23(24,25)26)20(4-14)21-11-31(10-15(21)12-32)18-8-28-13-29-9-18/h2-9,13,15,21,32H,10-12H2,1H3,(H,30,33). The SMILES string of the molecule is Cc1ccc(C(=O)Nc2cncc(C(F)(F)F)c2)c(C2CN(c3cncnc3)CC2CO)c1. The van der Waals surface area contributed by atoms with Gasteiger partial charge in [-0.15, -0.1) is 0 Å². The minimum Gasteiger partial charge on any atom is -0.396 e. The van der Waals surface area contributed by atoms with Crippen molar-refractivity contribution in [3.05, 3.63) is 77.6 Å². The number of benzene rings is 1. The lowest BCUT2D eigenvalue weighted by atomic mass is 9.85. The molecule has 0 radical (unpaired) electrons. The number of aromatic nitrogens is 3. The normalized spacial score (nSPS) is 18.4. The van der Waals surface area contributed by atoms with Crippen LogP contribution in [0.4, 0.5) is 24.5 Å². The summed E-state index contributed by atoms with van der Waals surface area (Å²) in [6.07, 6.45) is 2.13. The number of amides is 1. The zero-order valence-corrected chi connectivity index (χ0v) is 17.8. The molecule has 1 amide bonds. The van der Waals surface area contributed by atoms with E-state index in [2.05, 4.69) is 20.3 Å². The molecule has 7 nitrogen and oxygen atoms in total. The Morgan fingerprint density at radius 3 is 2.58 bits per heavy atom. The fourth-order valence-corrected chi connectivity index (χ4v) is 4.13. The van der Waals surface area contributed by atoms with E-state index in [-0.39, 0.29) is 24.1 Å². The first-order valence-corrected chi connectivity index (χ1v) is 10.3. The lowest BCUT2D eigenvalue weighted by Crippen LogP contribution is -2.21. The molecule has 4 rings (SSSR count). The minimum absolute atomic E-state index is 0.0467. The molecule has 1 saturated heterocycles. The molecule has 1 fully saturated rings. The van der Waals surface area contributed by atoms with Crippen molar-refractivity contribution in [2.75, 3.05) is 29.9 Å². The number of aryl methyl sites for hydroxylation is 1. The van der Waals surface area contributed by atoms with Crippen molar-refractivity contribution in [1.82, 2.24) is 15.0 Å². The molecule has 33 heavy (non-hydrogen) atoms. The topological polar surface area (TPSA) is 91.2 Å². The van der Waals surface area contributed by atoms with Gasteiger partial charge in [0.05, 0.1) is 35.5 Å². The molecule has 1 aliphatic rings. The smallest absolute Gasteiger partial charge is 0.396 e. The monoisotopic (exact) mass is 457 g/mol. The highest BCUT2D eigenvalue weighted by atomic mass is 19.4. The average Bonchev–Trinajstić information content (AvgIpc) is 3.23. The first-order valence-electron chi connectivity index (χ1n) is 10.3. The molecule has 2 N–H and O–H groups in total. The number of hydrogen-bond donors (Lipinski definition) is 2. The molecular formula is C23H22F3N5O2. The third-order valence-electron chi connectivity index (χ3n) is 5.76. The summed E-state index contributed by atoms with van der Waals surface area (Å²) in [5, 5.41) is 12.6. The van der Waals surface area contributed by atoms with Gasteiger partial charge in [0.1, 0.15) is 6.33 Å². The van der Waals surface area contributed by atoms with Gasteiger partial charge in [0.15, 0.2) is 0 Å². The Balaban J connectivity index is 1.63. The number of aliphatic hydroxyl groups is 1. The summed E-state index contributed by atoms with van der Waals surface area (Å²) in [5.74, 6) is -0.853. The zero-order chi connectivity index (χ0) is 23.6. The number of nitrogens with zero attached hydrogens (tertiary/aromatic N) is 4. The zero-order valence-electron chi connectivity index (χ0n) is 17.8. The number of anilines is 2. The lowest BCUT2D eigenvalue weighted by molar-refractivity contribution is -0.137. The van der Waals surface area contributed by atoms with Crippen LogP contribution in [-0.2, 0) is 6.18 Å². The van der Waals surface area contributed by atoms with Crippen LogP contribution in [0, 0.1) is 12.8 Å². The van der Waals surface area contributed by atoms with Gasteiger partial charge in [-0.05, 0) is 24.6 Å². The Labute approximate surface area is 188 Å². The van der Waals surface area contributed by atoms with Crippen molar-refractivity contribution in [1.29, 1.82) is 0 Å². The average molecular weight is 457 g/mol. The van der Waals surface area contributed by atoms with Crippen LogP contribution in [0.25, 0.3) is 0 Å². The number of halogens is 3. The number of carbonyl (C=O) groups excluding carboxylic acids is 1. The largest absolute Gasteiger partial charge is 0.417 e. The van der Waals surface area contributed by atoms with Gasteiger partial charge in [-0.3, -0.25) is 9.78 Å². The second-order valence-corrected chi connectivity index (χ2v) is 8.06. The molecule has 0 saturated carbocycles. The number of aliphatic hydroxyl groups excluding tert-OH is 1. The van der Waals surface area contributed by atoms with Gasteiger partial charge in [-0.1, -0.05) is 17.7 Å². The van der Waals surface area contributed by atoms with E-state index >= 15 is 0 Å². The lowest BCUT2D eigenvalue weighted by Gasteiger charge is -2.21. The summed E-state index contributed by atoms with van der Waals surface area (Å²) in [4.78, 5) is 26.8. The highest BCUT2D eigenvalue weighted by Crippen LogP contribution is 2.37. The van der Waals surface area contributed by atoms with Gasteiger partial charge in [0.25, 0.3) is 5.91 Å². The summed E-state index contributed by atoms with van der Waals surface area (Å²) in [6.45, 7) is 2.91. The van der Waals surface area contributed by atoms with Crippen molar-refractivity contribution >= 4 is 17.3 Å². The number of carbonyl (C=O) groups is 1. The van der Waals surface area contributed by atoms with Crippen LogP contribution in [0.1, 0.15) is 33.0 Å². The number of rotatable bonds is 5. The molecule has 2 aromatic heterocycles. The van der Waals surface area contributed by atoms with E-state index < -0.39 is 17.6 Å². The van der Waals surface area contributed by atoms with Crippen LogP contribution in [-0.4, -0.2) is 45.7 Å². The third-order valence-corrected chi connectivity index (χ3v) is 5.76. The Bertz CT molecular complexity index is 1140. The number of hydrogen-bond acceptors (Lipinski definition) is 6. The number of nitrogens with one attached hydrogen (secondary N) is 1. The highest BCUT2D eigenvalue weighted by molar-refractivity contribution is 6.05. The van der Waals surface area contributed by atoms with Crippen LogP contribution in [0.2, 0.25) is 0 Å². The van der Waals surface area contributed by atoms with Crippen LogP contribution >= 0.6 is 0 Å². The van der Waals surface area contributed by atoms with Gasteiger partial charge in [-0.2, -0.15) is 13.2 Å². The second kappa shape index (κ2) is 9.14. The van der Waals surface area contributed by atoms with E-state index in [4.69, 9.17) is 0 Å². The maximum atomic E-state index is 13.1. The van der Waals surface area contributed by atoms with E-state index in [1.165, 1.54) is 12.5 Å². The van der Waals surface area contributed by atoms with Crippen molar-refractivity contribution < 1.29 is 23.1 Å². The molecule has 1 aromatic carbocycles. The minimum atomic E-state index is -4.56. The Kier molecular flexibility index (Phi) is 6.28. The van der Waals surface area contributed by atoms with E-state index in [9.17, 15) is 23.1 Å². The van der Waals surface area contributed by atoms with Crippen LogP contribution in [0.5, 0.6) is 0 Å². The Morgan fingerprint density at radius 2 is 1.88 bits per heavy atom. The third kappa shape index (κ3) is 4.95. The molecule has 10 heteroatoms. The predicted octanol–water partition coefficient (Wildman–Crippen LogP) is 3.66. The second-order valence-electron chi connectivity index (χ2n) is 8.06. The fourth-order valence-electron chi connectivity index (χ4n) is 4.13. The molecule has 172 valence electrons. The van der Waals surface area contributed by atoms with E-state index in [1.54, 1.807) is 24.5 Å². The van der Waals surface area contributed by atoms with Crippen molar-refractivity contribution in [3.8, 4) is 0 Å². The van der Waals surface area contributed by atoms with E-state index in [0.29, 0.717) is 24.8 Å². The van der Waals surface area contributed by atoms with Crippen molar-refractivity contribution in [2.24, 2.45) is 5.92 Å². The molecule has 0 bridgehead atoms. The molecule has 0 aliphatic carbocycles. The van der Waals surface area contributed by atoms with Gasteiger partial charge in [0, 0.05) is 43.3 Å². The summed E-state index contributed by atoms with van der Waals surface area (Å²) < 4.78 is 39.0. The van der Waals surface area contributed by atoms with Crippen molar-refractivity contribution in [3.63, 3.8) is 0 Å². The predicted molar refractivity (Wildman–Crippen MR) is 116 cm³/mol. The maximum Gasteiger partial charge on any atom is 0.417 e. The molecule has 1 aliphatic heterocycles. The Morgan fingerprint density at radius 1 is 1.12 bits per heavy atom. The molecule has 0 spiro atoms. The molecule has 2 unspecified atom stereocenters. The van der Waals surface area contributed by atoms with Gasteiger partial charge >= 0.3 is 6.18 Å². The summed E-state index contributed by atoms with van der Waals surface area (Å²) in [5.41, 5.74) is 1.82. The number of alkyl halides is 3. The summed E-state index contributed by atoms with van der Waals surface area (Å²) >= 11 is 0. The van der Waals surface area contributed by atoms with Crippen LogP contribution in [0.3, 0.4) is 0 Å². The van der Waals surface area contributed by atoms with Gasteiger partial charge in [0.2, 0.25) is 0 Å². The van der Waals surface area contributed by atoms with Crippen LogP contribution < -0.4 is 10.2 Å². The van der Waals surface area contributed by atoms with Gasteiger partial charge in [-0.25, -0.2) is 9.97 Å². The maximum absolute atomic E-state index is 13.1. The van der Waals surface area contributed by atoms with Crippen LogP contribution in [0.15, 0.2) is 55.4 Å². The van der Waals surface area contributed by atoms with Gasteiger partial charge < -0.3 is 15.3 Å². The molecule has 3 heterocycles. The molecule has 3 aromatic rings. The van der Waals surface area contributed by atoms with E-state index in [0.717, 1.165) is 22.9 Å². The Hall–Kier alpha value is -3.53. The first kappa shape index (κ1) is 22.7. The quantitative estimate of drug-likeness (QED) is 0.608.